The second-order valence-electron chi connectivity index (χ2n) is 6.39. The summed E-state index contributed by atoms with van der Waals surface area (Å²) in [6.07, 6.45) is 0.639. The third-order valence-corrected chi connectivity index (χ3v) is 4.33. The molecule has 0 aliphatic heterocycles. The fourth-order valence-corrected chi connectivity index (χ4v) is 2.86. The van der Waals surface area contributed by atoms with Gasteiger partial charge in [0, 0.05) is 18.8 Å². The van der Waals surface area contributed by atoms with Gasteiger partial charge in [0.2, 0.25) is 6.10 Å². The summed E-state index contributed by atoms with van der Waals surface area (Å²) in [4.78, 5) is 25.6. The smallest absolute Gasteiger partial charge is 0.356 e. The molecule has 28 heavy (non-hydrogen) atoms. The van der Waals surface area contributed by atoms with Crippen molar-refractivity contribution in [1.82, 2.24) is 4.57 Å². The number of aryl methyl sites for hydroxylation is 2. The molecule has 3 aromatic rings. The van der Waals surface area contributed by atoms with E-state index in [4.69, 9.17) is 9.47 Å². The van der Waals surface area contributed by atoms with Crippen LogP contribution < -0.4 is 10.1 Å². The Hall–Kier alpha value is -3.54. The molecule has 144 valence electrons. The SMILES string of the molecule is COc1ccc(C)cc1NC(=O)[C@@H](OC(=O)c1cccn1C)c1ccccc1. The van der Waals surface area contributed by atoms with Crippen LogP contribution in [0.25, 0.3) is 0 Å². The first-order valence-electron chi connectivity index (χ1n) is 8.82. The van der Waals surface area contributed by atoms with E-state index in [1.54, 1.807) is 66.3 Å². The summed E-state index contributed by atoms with van der Waals surface area (Å²) in [7, 11) is 3.27. The standard InChI is InChI=1S/C22H22N2O4/c1-15-11-12-19(27-3)17(14-15)23-21(25)20(16-8-5-4-6-9-16)28-22(26)18-10-7-13-24(18)2/h4-14,20H,1-3H3,(H,23,25)/t20-/m0/s1. The van der Waals surface area contributed by atoms with Gasteiger partial charge in [0.05, 0.1) is 12.8 Å². The highest BCUT2D eigenvalue weighted by Crippen LogP contribution is 2.28. The predicted molar refractivity (Wildman–Crippen MR) is 106 cm³/mol. The molecular weight excluding hydrogens is 356 g/mol. The van der Waals surface area contributed by atoms with Crippen molar-refractivity contribution in [1.29, 1.82) is 0 Å². The van der Waals surface area contributed by atoms with Crippen LogP contribution in [0.15, 0.2) is 66.9 Å². The molecule has 2 aromatic carbocycles. The van der Waals surface area contributed by atoms with E-state index in [1.807, 2.05) is 19.1 Å². The van der Waals surface area contributed by atoms with E-state index >= 15 is 0 Å². The minimum absolute atomic E-state index is 0.363. The number of esters is 1. The lowest BCUT2D eigenvalue weighted by Crippen LogP contribution is -2.26. The van der Waals surface area contributed by atoms with Gasteiger partial charge in [-0.2, -0.15) is 0 Å². The molecule has 0 saturated carbocycles. The average molecular weight is 378 g/mol. The Morgan fingerprint density at radius 2 is 1.79 bits per heavy atom. The number of anilines is 1. The molecule has 6 nitrogen and oxygen atoms in total. The van der Waals surface area contributed by atoms with Crippen molar-refractivity contribution >= 4 is 17.6 Å². The van der Waals surface area contributed by atoms with E-state index in [1.165, 1.54) is 7.11 Å². The number of methoxy groups -OCH3 is 1. The second kappa shape index (κ2) is 8.43. The van der Waals surface area contributed by atoms with E-state index in [2.05, 4.69) is 5.32 Å². The van der Waals surface area contributed by atoms with E-state index < -0.39 is 18.0 Å². The zero-order valence-corrected chi connectivity index (χ0v) is 16.0. The fraction of sp³-hybridized carbons (Fsp3) is 0.182. The number of benzene rings is 2. The van der Waals surface area contributed by atoms with Gasteiger partial charge in [-0.1, -0.05) is 36.4 Å². The summed E-state index contributed by atoms with van der Waals surface area (Å²) in [5.41, 5.74) is 2.42. The molecule has 1 N–H and O–H groups in total. The Labute approximate surface area is 163 Å². The van der Waals surface area contributed by atoms with Gasteiger partial charge < -0.3 is 19.4 Å². The fourth-order valence-electron chi connectivity index (χ4n) is 2.86. The van der Waals surface area contributed by atoms with Gasteiger partial charge in [-0.05, 0) is 36.8 Å². The number of amides is 1. The molecule has 0 aliphatic carbocycles. The van der Waals surface area contributed by atoms with E-state index in [9.17, 15) is 9.59 Å². The number of hydrogen-bond acceptors (Lipinski definition) is 4. The number of carbonyl (C=O) groups is 2. The molecule has 0 aliphatic rings. The highest BCUT2D eigenvalue weighted by molar-refractivity contribution is 5.98. The number of carbonyl (C=O) groups excluding carboxylic acids is 2. The van der Waals surface area contributed by atoms with Crippen LogP contribution in [0.1, 0.15) is 27.7 Å². The number of aromatic nitrogens is 1. The highest BCUT2D eigenvalue weighted by atomic mass is 16.5. The topological polar surface area (TPSA) is 69.6 Å². The zero-order chi connectivity index (χ0) is 20.1. The third kappa shape index (κ3) is 4.23. The van der Waals surface area contributed by atoms with Crippen molar-refractivity contribution < 1.29 is 19.1 Å². The largest absolute Gasteiger partial charge is 0.495 e. The quantitative estimate of drug-likeness (QED) is 0.661. The Morgan fingerprint density at radius 1 is 1.04 bits per heavy atom. The van der Waals surface area contributed by atoms with Crippen LogP contribution in [0.3, 0.4) is 0 Å². The van der Waals surface area contributed by atoms with Crippen LogP contribution in [-0.4, -0.2) is 23.6 Å². The molecule has 3 rings (SSSR count). The Morgan fingerprint density at radius 3 is 2.43 bits per heavy atom. The monoisotopic (exact) mass is 378 g/mol. The average Bonchev–Trinajstić information content (AvgIpc) is 3.13. The molecule has 1 atom stereocenters. The van der Waals surface area contributed by atoms with Gasteiger partial charge in [-0.15, -0.1) is 0 Å². The summed E-state index contributed by atoms with van der Waals surface area (Å²) >= 11 is 0. The minimum atomic E-state index is -1.10. The second-order valence-corrected chi connectivity index (χ2v) is 6.39. The van der Waals surface area contributed by atoms with Crippen molar-refractivity contribution in [3.8, 4) is 5.75 Å². The molecule has 6 heteroatoms. The molecule has 1 amide bonds. The highest BCUT2D eigenvalue weighted by Gasteiger charge is 2.27. The molecule has 0 saturated heterocycles. The normalized spacial score (nSPS) is 11.5. The number of hydrogen-bond donors (Lipinski definition) is 1. The lowest BCUT2D eigenvalue weighted by Gasteiger charge is -2.19. The molecule has 0 bridgehead atoms. The molecule has 1 aromatic heterocycles. The first kappa shape index (κ1) is 19.2. The third-order valence-electron chi connectivity index (χ3n) is 4.33. The van der Waals surface area contributed by atoms with Crippen LogP contribution in [0.4, 0.5) is 5.69 Å². The van der Waals surface area contributed by atoms with Crippen LogP contribution >= 0.6 is 0 Å². The first-order valence-corrected chi connectivity index (χ1v) is 8.82. The van der Waals surface area contributed by atoms with Crippen molar-refractivity contribution in [2.45, 2.75) is 13.0 Å². The number of nitrogens with zero attached hydrogens (tertiary/aromatic N) is 1. The Balaban J connectivity index is 1.89. The maximum atomic E-state index is 13.0. The Bertz CT molecular complexity index is 979. The van der Waals surface area contributed by atoms with Gasteiger partial charge in [-0.25, -0.2) is 4.79 Å². The molecule has 0 spiro atoms. The van der Waals surface area contributed by atoms with Crippen molar-refractivity contribution in [2.75, 3.05) is 12.4 Å². The molecule has 1 heterocycles. The summed E-state index contributed by atoms with van der Waals surface area (Å²) in [6, 6.07) is 17.8. The van der Waals surface area contributed by atoms with Crippen molar-refractivity contribution in [3.63, 3.8) is 0 Å². The van der Waals surface area contributed by atoms with Crippen LogP contribution in [-0.2, 0) is 16.6 Å². The van der Waals surface area contributed by atoms with E-state index in [0.717, 1.165) is 5.56 Å². The lowest BCUT2D eigenvalue weighted by molar-refractivity contribution is -0.125. The van der Waals surface area contributed by atoms with E-state index in [0.29, 0.717) is 22.7 Å². The van der Waals surface area contributed by atoms with Crippen molar-refractivity contribution in [3.05, 3.63) is 83.7 Å². The van der Waals surface area contributed by atoms with Crippen LogP contribution in [0.2, 0.25) is 0 Å². The van der Waals surface area contributed by atoms with Crippen LogP contribution in [0.5, 0.6) is 5.75 Å². The maximum absolute atomic E-state index is 13.0. The summed E-state index contributed by atoms with van der Waals surface area (Å²) in [6.45, 7) is 1.92. The lowest BCUT2D eigenvalue weighted by atomic mass is 10.1. The van der Waals surface area contributed by atoms with Crippen LogP contribution in [0, 0.1) is 6.92 Å². The minimum Gasteiger partial charge on any atom is -0.495 e. The van der Waals surface area contributed by atoms with E-state index in [-0.39, 0.29) is 0 Å². The van der Waals surface area contributed by atoms with Gasteiger partial charge in [0.15, 0.2) is 0 Å². The van der Waals surface area contributed by atoms with Gasteiger partial charge in [0.25, 0.3) is 5.91 Å². The van der Waals surface area contributed by atoms with Crippen molar-refractivity contribution in [2.24, 2.45) is 7.05 Å². The molecule has 0 fully saturated rings. The summed E-state index contributed by atoms with van der Waals surface area (Å²) in [5, 5.41) is 2.82. The predicted octanol–water partition coefficient (Wildman–Crippen LogP) is 3.88. The molecular formula is C22H22N2O4. The molecule has 0 unspecified atom stereocenters. The van der Waals surface area contributed by atoms with Gasteiger partial charge in [0.1, 0.15) is 11.4 Å². The Kier molecular flexibility index (Phi) is 5.79. The van der Waals surface area contributed by atoms with Gasteiger partial charge >= 0.3 is 5.97 Å². The zero-order valence-electron chi connectivity index (χ0n) is 16.0. The van der Waals surface area contributed by atoms with Gasteiger partial charge in [-0.3, -0.25) is 4.79 Å². The maximum Gasteiger partial charge on any atom is 0.356 e. The number of nitrogens with one attached hydrogen (secondary N) is 1. The number of rotatable bonds is 6. The summed E-state index contributed by atoms with van der Waals surface area (Å²) < 4.78 is 12.5. The number of ether oxygens (including phenoxy) is 2. The first-order chi connectivity index (χ1) is 13.5. The summed E-state index contributed by atoms with van der Waals surface area (Å²) in [5.74, 6) is -0.509. The molecule has 0 radical (unpaired) electrons.